The Kier molecular flexibility index (Phi) is 4.95. The molecular weight excluding hydrogens is 357 g/mol. The molecule has 0 amide bonds. The van der Waals surface area contributed by atoms with E-state index in [1.807, 2.05) is 6.20 Å². The van der Waals surface area contributed by atoms with Gasteiger partial charge in [-0.25, -0.2) is 4.39 Å². The number of aryl methyl sites for hydroxylation is 1. The Bertz CT molecular complexity index is 1060. The number of pyridine rings is 1. The lowest BCUT2D eigenvalue weighted by Crippen LogP contribution is -2.22. The number of allylic oxidation sites excluding steroid dienone is 1. The van der Waals surface area contributed by atoms with Gasteiger partial charge in [0.1, 0.15) is 5.82 Å². The molecule has 3 aromatic rings. The van der Waals surface area contributed by atoms with Crippen molar-refractivity contribution >= 4 is 17.0 Å². The monoisotopic (exact) mass is 385 g/mol. The molecule has 2 aromatic carbocycles. The van der Waals surface area contributed by atoms with Crippen molar-refractivity contribution in [1.29, 1.82) is 0 Å². The smallest absolute Gasteiger partial charge is 0.123 e. The summed E-state index contributed by atoms with van der Waals surface area (Å²) in [5.41, 5.74) is 6.73. The third-order valence-corrected chi connectivity index (χ3v) is 7.32. The van der Waals surface area contributed by atoms with Gasteiger partial charge in [0, 0.05) is 11.6 Å². The molecule has 1 atom stereocenters. The Labute approximate surface area is 172 Å². The number of aromatic nitrogens is 1. The first-order valence-electron chi connectivity index (χ1n) is 11.0. The maximum absolute atomic E-state index is 13.8. The highest BCUT2D eigenvalue weighted by molar-refractivity contribution is 5.82. The molecule has 0 unspecified atom stereocenters. The number of hydrogen-bond donors (Lipinski definition) is 0. The fourth-order valence-corrected chi connectivity index (χ4v) is 5.54. The molecule has 1 nitrogen and oxygen atoms in total. The van der Waals surface area contributed by atoms with E-state index in [9.17, 15) is 4.39 Å². The average Bonchev–Trinajstić information content (AvgIpc) is 2.78. The van der Waals surface area contributed by atoms with E-state index in [1.54, 1.807) is 17.7 Å². The minimum Gasteiger partial charge on any atom is -0.256 e. The fourth-order valence-electron chi connectivity index (χ4n) is 5.54. The molecule has 1 saturated carbocycles. The molecule has 0 radical (unpaired) electrons. The molecule has 2 heteroatoms. The van der Waals surface area contributed by atoms with Gasteiger partial charge in [-0.1, -0.05) is 42.8 Å². The zero-order valence-electron chi connectivity index (χ0n) is 17.1. The van der Waals surface area contributed by atoms with Crippen molar-refractivity contribution in [2.24, 2.45) is 11.8 Å². The maximum Gasteiger partial charge on any atom is 0.123 e. The van der Waals surface area contributed by atoms with Crippen LogP contribution in [0.15, 0.2) is 60.3 Å². The van der Waals surface area contributed by atoms with Crippen molar-refractivity contribution in [1.82, 2.24) is 4.98 Å². The van der Waals surface area contributed by atoms with E-state index in [0.29, 0.717) is 11.8 Å². The van der Waals surface area contributed by atoms with Crippen molar-refractivity contribution in [2.75, 3.05) is 0 Å². The summed E-state index contributed by atoms with van der Waals surface area (Å²) < 4.78 is 13.8. The van der Waals surface area contributed by atoms with E-state index in [4.69, 9.17) is 0 Å². The second-order valence-corrected chi connectivity index (χ2v) is 8.88. The lowest BCUT2D eigenvalue weighted by molar-refractivity contribution is 0.267. The Morgan fingerprint density at radius 3 is 2.66 bits per heavy atom. The number of benzene rings is 2. The minimum atomic E-state index is -0.168. The zero-order valence-corrected chi connectivity index (χ0v) is 17.1. The van der Waals surface area contributed by atoms with E-state index < -0.39 is 0 Å². The first-order chi connectivity index (χ1) is 14.2. The van der Waals surface area contributed by atoms with E-state index in [-0.39, 0.29) is 5.82 Å². The Morgan fingerprint density at radius 2 is 1.79 bits per heavy atom. The first-order valence-corrected chi connectivity index (χ1v) is 11.0. The van der Waals surface area contributed by atoms with Crippen LogP contribution in [0.1, 0.15) is 61.6 Å². The average molecular weight is 386 g/mol. The van der Waals surface area contributed by atoms with Gasteiger partial charge >= 0.3 is 0 Å². The van der Waals surface area contributed by atoms with Crippen LogP contribution in [-0.2, 0) is 6.42 Å². The van der Waals surface area contributed by atoms with Crippen molar-refractivity contribution < 1.29 is 4.39 Å². The van der Waals surface area contributed by atoms with E-state index in [2.05, 4.69) is 48.3 Å². The summed E-state index contributed by atoms with van der Waals surface area (Å²) in [6.45, 7) is 2.43. The molecule has 29 heavy (non-hydrogen) atoms. The standard InChI is InChI=1S/C27H28FN/c1-18(22-11-8-20-4-2-3-5-23(20)16-22)19-6-9-21(10-7-19)25-14-15-29-27-13-12-24(28)17-26(25)27/h2-5,12-19,21H,6-11H2,1H3/t18-,19?,21?/m1/s1. The van der Waals surface area contributed by atoms with Crippen LogP contribution in [-0.4, -0.2) is 4.98 Å². The number of fused-ring (bicyclic) bond motifs is 2. The van der Waals surface area contributed by atoms with E-state index in [0.717, 1.165) is 16.8 Å². The van der Waals surface area contributed by atoms with E-state index in [1.165, 1.54) is 61.3 Å². The molecule has 1 fully saturated rings. The van der Waals surface area contributed by atoms with Gasteiger partial charge in [-0.05, 0) is 97.2 Å². The van der Waals surface area contributed by atoms with Gasteiger partial charge in [-0.2, -0.15) is 0 Å². The summed E-state index contributed by atoms with van der Waals surface area (Å²) in [6, 6.07) is 15.9. The van der Waals surface area contributed by atoms with Crippen LogP contribution in [0.4, 0.5) is 4.39 Å². The summed E-state index contributed by atoms with van der Waals surface area (Å²) >= 11 is 0. The summed E-state index contributed by atoms with van der Waals surface area (Å²) in [4.78, 5) is 4.43. The number of halogens is 1. The molecule has 1 aromatic heterocycles. The second-order valence-electron chi connectivity index (χ2n) is 8.88. The van der Waals surface area contributed by atoms with Gasteiger partial charge < -0.3 is 0 Å². The topological polar surface area (TPSA) is 12.9 Å². The minimum absolute atomic E-state index is 0.168. The molecule has 2 aliphatic rings. The number of hydrogen-bond acceptors (Lipinski definition) is 1. The van der Waals surface area contributed by atoms with Gasteiger partial charge in [-0.3, -0.25) is 4.98 Å². The summed E-state index contributed by atoms with van der Waals surface area (Å²) in [7, 11) is 0. The van der Waals surface area contributed by atoms with Crippen LogP contribution < -0.4 is 0 Å². The van der Waals surface area contributed by atoms with Crippen LogP contribution in [0.3, 0.4) is 0 Å². The highest BCUT2D eigenvalue weighted by Crippen LogP contribution is 2.43. The molecule has 148 valence electrons. The molecule has 5 rings (SSSR count). The Hall–Kier alpha value is -2.48. The predicted octanol–water partition coefficient (Wildman–Crippen LogP) is 7.31. The van der Waals surface area contributed by atoms with Crippen LogP contribution in [0.25, 0.3) is 17.0 Å². The molecule has 1 heterocycles. The van der Waals surface area contributed by atoms with Crippen LogP contribution >= 0.6 is 0 Å². The lowest BCUT2D eigenvalue weighted by atomic mass is 9.70. The number of rotatable bonds is 3. The largest absolute Gasteiger partial charge is 0.256 e. The van der Waals surface area contributed by atoms with Crippen molar-refractivity contribution in [2.45, 2.75) is 51.4 Å². The molecule has 0 aliphatic heterocycles. The Morgan fingerprint density at radius 1 is 0.966 bits per heavy atom. The van der Waals surface area contributed by atoms with Crippen LogP contribution in [0, 0.1) is 17.7 Å². The molecule has 0 bridgehead atoms. The van der Waals surface area contributed by atoms with Gasteiger partial charge in [-0.15, -0.1) is 0 Å². The molecule has 2 aliphatic carbocycles. The highest BCUT2D eigenvalue weighted by Gasteiger charge is 2.29. The predicted molar refractivity (Wildman–Crippen MR) is 118 cm³/mol. The quantitative estimate of drug-likeness (QED) is 0.460. The Balaban J connectivity index is 1.31. The van der Waals surface area contributed by atoms with Gasteiger partial charge in [0.15, 0.2) is 0 Å². The van der Waals surface area contributed by atoms with Crippen molar-refractivity contribution in [3.63, 3.8) is 0 Å². The summed E-state index contributed by atoms with van der Waals surface area (Å²) in [5, 5.41) is 0.996. The lowest BCUT2D eigenvalue weighted by Gasteiger charge is -2.35. The van der Waals surface area contributed by atoms with Crippen molar-refractivity contribution in [3.05, 3.63) is 82.8 Å². The molecular formula is C27H28FN. The fraction of sp³-hybridized carbons (Fsp3) is 0.370. The summed E-state index contributed by atoms with van der Waals surface area (Å²) in [5.74, 6) is 1.76. The van der Waals surface area contributed by atoms with Gasteiger partial charge in [0.25, 0.3) is 0 Å². The summed E-state index contributed by atoms with van der Waals surface area (Å²) in [6.07, 6.45) is 11.6. The normalized spacial score (nSPS) is 22.8. The third kappa shape index (κ3) is 3.61. The van der Waals surface area contributed by atoms with Gasteiger partial charge in [0.05, 0.1) is 5.52 Å². The molecule has 0 N–H and O–H groups in total. The van der Waals surface area contributed by atoms with Gasteiger partial charge in [0.2, 0.25) is 0 Å². The third-order valence-electron chi connectivity index (χ3n) is 7.32. The molecule has 0 saturated heterocycles. The SMILES string of the molecule is C[C@@H](C1=Cc2ccccc2CC1)C1CCC(c2ccnc3ccc(F)cc23)CC1. The molecule has 0 spiro atoms. The first kappa shape index (κ1) is 18.5. The highest BCUT2D eigenvalue weighted by atomic mass is 19.1. The van der Waals surface area contributed by atoms with Crippen LogP contribution in [0.5, 0.6) is 0 Å². The van der Waals surface area contributed by atoms with E-state index >= 15 is 0 Å². The maximum atomic E-state index is 13.8. The van der Waals surface area contributed by atoms with Crippen LogP contribution in [0.2, 0.25) is 0 Å². The zero-order chi connectivity index (χ0) is 19.8. The number of nitrogens with zero attached hydrogens (tertiary/aromatic N) is 1. The van der Waals surface area contributed by atoms with Crippen molar-refractivity contribution in [3.8, 4) is 0 Å². The second kappa shape index (κ2) is 7.74.